The van der Waals surface area contributed by atoms with Crippen molar-refractivity contribution in [1.29, 1.82) is 0 Å². The Morgan fingerprint density at radius 2 is 1.74 bits per heavy atom. The zero-order chi connectivity index (χ0) is 19.0. The van der Waals surface area contributed by atoms with E-state index in [-0.39, 0.29) is 0 Å². The molecule has 1 aliphatic heterocycles. The molecule has 2 heterocycles. The minimum atomic E-state index is 0.621. The van der Waals surface area contributed by atoms with Gasteiger partial charge in [-0.05, 0) is 62.1 Å². The maximum Gasteiger partial charge on any atom is 0.0486 e. The van der Waals surface area contributed by atoms with E-state index < -0.39 is 0 Å². The summed E-state index contributed by atoms with van der Waals surface area (Å²) < 4.78 is 2.62. The second-order valence-corrected chi connectivity index (χ2v) is 8.13. The third kappa shape index (κ3) is 3.43. The van der Waals surface area contributed by atoms with Crippen LogP contribution < -0.4 is 0 Å². The number of hydrogen-bond donors (Lipinski definition) is 0. The first kappa shape index (κ1) is 18.3. The van der Waals surface area contributed by atoms with Crippen molar-refractivity contribution >= 4 is 10.9 Å². The van der Waals surface area contributed by atoms with Crippen LogP contribution in [0.25, 0.3) is 10.9 Å². The summed E-state index contributed by atoms with van der Waals surface area (Å²) in [6, 6.07) is 16.8. The molecule has 0 amide bonds. The number of aryl methyl sites for hydroxylation is 4. The first-order chi connectivity index (χ1) is 13.1. The van der Waals surface area contributed by atoms with Crippen LogP contribution in [0, 0.1) is 6.92 Å². The molecule has 4 rings (SSSR count). The van der Waals surface area contributed by atoms with Gasteiger partial charge in [0, 0.05) is 42.1 Å². The van der Waals surface area contributed by atoms with Gasteiger partial charge in [0.1, 0.15) is 0 Å². The van der Waals surface area contributed by atoms with Gasteiger partial charge in [-0.3, -0.25) is 4.90 Å². The standard InChI is InChI=1S/C25H32N2/c1-5-20-11-12-24-22(16-20)23-17-26(6-2)19(4)15-25(23)27(24)14-13-21-9-7-18(3)8-10-21/h7-12,16,19H,5-6,13-15,17H2,1-4H3. The summed E-state index contributed by atoms with van der Waals surface area (Å²) in [5, 5.41) is 1.48. The molecule has 1 aliphatic rings. The number of benzene rings is 2. The lowest BCUT2D eigenvalue weighted by Gasteiger charge is -2.33. The Morgan fingerprint density at radius 1 is 1.00 bits per heavy atom. The van der Waals surface area contributed by atoms with E-state index in [2.05, 4.69) is 79.6 Å². The Bertz CT molecular complexity index is 933. The minimum absolute atomic E-state index is 0.621. The Morgan fingerprint density at radius 3 is 2.44 bits per heavy atom. The zero-order valence-corrected chi connectivity index (χ0v) is 17.3. The third-order valence-electron chi connectivity index (χ3n) is 6.38. The number of likely N-dealkylation sites (N-methyl/N-ethyl adjacent to an activating group) is 1. The molecule has 2 heteroatoms. The van der Waals surface area contributed by atoms with Gasteiger partial charge in [-0.1, -0.05) is 49.7 Å². The normalized spacial score (nSPS) is 17.4. The first-order valence-electron chi connectivity index (χ1n) is 10.5. The van der Waals surface area contributed by atoms with Crippen molar-refractivity contribution in [3.8, 4) is 0 Å². The van der Waals surface area contributed by atoms with E-state index in [4.69, 9.17) is 0 Å². The summed E-state index contributed by atoms with van der Waals surface area (Å²) in [6.45, 7) is 12.4. The van der Waals surface area contributed by atoms with Crippen LogP contribution in [0.5, 0.6) is 0 Å². The lowest BCUT2D eigenvalue weighted by Crippen LogP contribution is -2.38. The molecule has 0 radical (unpaired) electrons. The van der Waals surface area contributed by atoms with Crippen molar-refractivity contribution in [2.75, 3.05) is 6.54 Å². The van der Waals surface area contributed by atoms with Gasteiger partial charge < -0.3 is 4.57 Å². The van der Waals surface area contributed by atoms with Gasteiger partial charge in [-0.2, -0.15) is 0 Å². The molecule has 0 spiro atoms. The SMILES string of the molecule is CCc1ccc2c(c1)c1c(n2CCc2ccc(C)cc2)CC(C)N(CC)C1. The third-order valence-corrected chi connectivity index (χ3v) is 6.38. The number of fused-ring (bicyclic) bond motifs is 3. The number of hydrogen-bond acceptors (Lipinski definition) is 1. The monoisotopic (exact) mass is 360 g/mol. The molecule has 0 bridgehead atoms. The van der Waals surface area contributed by atoms with E-state index in [9.17, 15) is 0 Å². The van der Waals surface area contributed by atoms with E-state index in [0.29, 0.717) is 6.04 Å². The highest BCUT2D eigenvalue weighted by Gasteiger charge is 2.27. The van der Waals surface area contributed by atoms with E-state index >= 15 is 0 Å². The summed E-state index contributed by atoms with van der Waals surface area (Å²) >= 11 is 0. The highest BCUT2D eigenvalue weighted by Crippen LogP contribution is 2.34. The summed E-state index contributed by atoms with van der Waals surface area (Å²) in [7, 11) is 0. The van der Waals surface area contributed by atoms with Gasteiger partial charge in [-0.15, -0.1) is 0 Å². The maximum absolute atomic E-state index is 2.62. The van der Waals surface area contributed by atoms with Gasteiger partial charge in [-0.25, -0.2) is 0 Å². The van der Waals surface area contributed by atoms with Crippen LogP contribution in [0.2, 0.25) is 0 Å². The van der Waals surface area contributed by atoms with Gasteiger partial charge in [0.2, 0.25) is 0 Å². The van der Waals surface area contributed by atoms with Crippen LogP contribution in [0.3, 0.4) is 0 Å². The van der Waals surface area contributed by atoms with E-state index in [1.165, 1.54) is 27.6 Å². The van der Waals surface area contributed by atoms with Crippen molar-refractivity contribution in [2.45, 2.75) is 66.1 Å². The molecule has 0 saturated heterocycles. The van der Waals surface area contributed by atoms with Crippen LogP contribution in [-0.2, 0) is 32.4 Å². The summed E-state index contributed by atoms with van der Waals surface area (Å²) in [5.74, 6) is 0. The van der Waals surface area contributed by atoms with Crippen molar-refractivity contribution in [1.82, 2.24) is 9.47 Å². The van der Waals surface area contributed by atoms with Crippen molar-refractivity contribution in [2.24, 2.45) is 0 Å². The molecule has 3 aromatic rings. The fourth-order valence-corrected chi connectivity index (χ4v) is 4.60. The first-order valence-corrected chi connectivity index (χ1v) is 10.5. The Labute approximate surface area is 163 Å². The van der Waals surface area contributed by atoms with Gasteiger partial charge in [0.05, 0.1) is 0 Å². The maximum atomic E-state index is 2.62. The van der Waals surface area contributed by atoms with Crippen molar-refractivity contribution in [3.05, 3.63) is 70.4 Å². The highest BCUT2D eigenvalue weighted by atomic mass is 15.2. The molecule has 0 fully saturated rings. The summed E-state index contributed by atoms with van der Waals surface area (Å²) in [6.07, 6.45) is 3.36. The Hall–Kier alpha value is -2.06. The van der Waals surface area contributed by atoms with Crippen molar-refractivity contribution < 1.29 is 0 Å². The molecule has 27 heavy (non-hydrogen) atoms. The summed E-state index contributed by atoms with van der Waals surface area (Å²) in [4.78, 5) is 2.62. The molecule has 0 N–H and O–H groups in total. The average Bonchev–Trinajstić information content (AvgIpc) is 2.98. The van der Waals surface area contributed by atoms with Crippen molar-refractivity contribution in [3.63, 3.8) is 0 Å². The predicted octanol–water partition coefficient (Wildman–Crippen LogP) is 5.52. The fraction of sp³-hybridized carbons (Fsp3) is 0.440. The van der Waals surface area contributed by atoms with Gasteiger partial charge in [0.25, 0.3) is 0 Å². The Balaban J connectivity index is 1.75. The minimum Gasteiger partial charge on any atom is -0.344 e. The smallest absolute Gasteiger partial charge is 0.0486 e. The largest absolute Gasteiger partial charge is 0.344 e. The highest BCUT2D eigenvalue weighted by molar-refractivity contribution is 5.86. The quantitative estimate of drug-likeness (QED) is 0.581. The Kier molecular flexibility index (Phi) is 5.10. The number of rotatable bonds is 5. The van der Waals surface area contributed by atoms with Crippen LogP contribution in [0.1, 0.15) is 48.7 Å². The predicted molar refractivity (Wildman–Crippen MR) is 115 cm³/mol. The van der Waals surface area contributed by atoms with Crippen LogP contribution in [0.4, 0.5) is 0 Å². The average molecular weight is 361 g/mol. The van der Waals surface area contributed by atoms with Gasteiger partial charge in [0.15, 0.2) is 0 Å². The van der Waals surface area contributed by atoms with Crippen LogP contribution >= 0.6 is 0 Å². The van der Waals surface area contributed by atoms with E-state index in [1.54, 1.807) is 11.3 Å². The molecule has 2 nitrogen and oxygen atoms in total. The van der Waals surface area contributed by atoms with E-state index in [0.717, 1.165) is 38.9 Å². The molecular weight excluding hydrogens is 328 g/mol. The molecule has 1 aromatic heterocycles. The molecule has 142 valence electrons. The van der Waals surface area contributed by atoms with Crippen LogP contribution in [0.15, 0.2) is 42.5 Å². The topological polar surface area (TPSA) is 8.17 Å². The second kappa shape index (κ2) is 7.52. The molecule has 1 atom stereocenters. The molecule has 0 aliphatic carbocycles. The molecule has 2 aromatic carbocycles. The number of aromatic nitrogens is 1. The number of nitrogens with zero attached hydrogens (tertiary/aromatic N) is 2. The fourth-order valence-electron chi connectivity index (χ4n) is 4.60. The lowest BCUT2D eigenvalue weighted by molar-refractivity contribution is 0.192. The van der Waals surface area contributed by atoms with Gasteiger partial charge >= 0.3 is 0 Å². The van der Waals surface area contributed by atoms with Crippen LogP contribution in [-0.4, -0.2) is 22.1 Å². The molecular formula is C25H32N2. The second-order valence-electron chi connectivity index (χ2n) is 8.13. The van der Waals surface area contributed by atoms with E-state index in [1.807, 2.05) is 0 Å². The zero-order valence-electron chi connectivity index (χ0n) is 17.3. The molecule has 1 unspecified atom stereocenters. The lowest BCUT2D eigenvalue weighted by atomic mass is 9.98. The molecule has 0 saturated carbocycles. The summed E-state index contributed by atoms with van der Waals surface area (Å²) in [5.41, 5.74) is 8.78.